The molecular formula is C17H17N3O4S. The number of rotatable bonds is 5. The quantitative estimate of drug-likeness (QED) is 0.749. The van der Waals surface area contributed by atoms with E-state index in [0.717, 1.165) is 0 Å². The molecule has 130 valence electrons. The Balaban J connectivity index is 1.95. The molecule has 0 saturated carbocycles. The van der Waals surface area contributed by atoms with Gasteiger partial charge in [0.15, 0.2) is 9.84 Å². The average Bonchev–Trinajstić information content (AvgIpc) is 2.60. The standard InChI is InChI=1S/C17H17N3O4S/c1-23-13-7-12(8-14(9-13)24-2)19-17-18-10-11-6-15(25(3,21)22)4-5-16(11)20-17/h4-10H,1-3H3,(H,18,19,20). The van der Waals surface area contributed by atoms with Crippen molar-refractivity contribution in [3.8, 4) is 11.5 Å². The lowest BCUT2D eigenvalue weighted by Gasteiger charge is -2.10. The molecule has 8 heteroatoms. The Hall–Kier alpha value is -2.87. The molecule has 3 aromatic rings. The van der Waals surface area contributed by atoms with E-state index in [0.29, 0.717) is 34.0 Å². The van der Waals surface area contributed by atoms with Crippen LogP contribution in [0.4, 0.5) is 11.6 Å². The van der Waals surface area contributed by atoms with Gasteiger partial charge in [-0.3, -0.25) is 0 Å². The Morgan fingerprint density at radius 1 is 1.00 bits per heavy atom. The molecule has 25 heavy (non-hydrogen) atoms. The fourth-order valence-electron chi connectivity index (χ4n) is 2.31. The van der Waals surface area contributed by atoms with E-state index in [-0.39, 0.29) is 4.90 Å². The van der Waals surface area contributed by atoms with E-state index in [2.05, 4.69) is 15.3 Å². The number of methoxy groups -OCH3 is 2. The second kappa shape index (κ2) is 6.56. The molecule has 0 aliphatic carbocycles. The van der Waals surface area contributed by atoms with Gasteiger partial charge >= 0.3 is 0 Å². The van der Waals surface area contributed by atoms with E-state index in [1.807, 2.05) is 0 Å². The third-order valence-corrected chi connectivity index (χ3v) is 4.70. The van der Waals surface area contributed by atoms with E-state index in [4.69, 9.17) is 9.47 Å². The van der Waals surface area contributed by atoms with Crippen LogP contribution in [0.1, 0.15) is 0 Å². The van der Waals surface area contributed by atoms with Crippen LogP contribution in [0.2, 0.25) is 0 Å². The zero-order valence-electron chi connectivity index (χ0n) is 14.0. The zero-order chi connectivity index (χ0) is 18.0. The Kier molecular flexibility index (Phi) is 4.45. The number of hydrogen-bond acceptors (Lipinski definition) is 7. The summed E-state index contributed by atoms with van der Waals surface area (Å²) < 4.78 is 33.7. The molecule has 0 radical (unpaired) electrons. The zero-order valence-corrected chi connectivity index (χ0v) is 14.8. The lowest BCUT2D eigenvalue weighted by atomic mass is 10.2. The van der Waals surface area contributed by atoms with Gasteiger partial charge in [-0.2, -0.15) is 0 Å². The van der Waals surface area contributed by atoms with Gasteiger partial charge in [-0.1, -0.05) is 0 Å². The number of fused-ring (bicyclic) bond motifs is 1. The molecule has 0 atom stereocenters. The number of aromatic nitrogens is 2. The first-order valence-electron chi connectivity index (χ1n) is 7.36. The number of sulfone groups is 1. The lowest BCUT2D eigenvalue weighted by molar-refractivity contribution is 0.395. The van der Waals surface area contributed by atoms with E-state index in [1.165, 1.54) is 12.3 Å². The van der Waals surface area contributed by atoms with Crippen molar-refractivity contribution in [2.75, 3.05) is 25.8 Å². The topological polar surface area (TPSA) is 90.4 Å². The summed E-state index contributed by atoms with van der Waals surface area (Å²) in [5, 5.41) is 3.74. The van der Waals surface area contributed by atoms with E-state index >= 15 is 0 Å². The molecule has 0 amide bonds. The maximum absolute atomic E-state index is 11.6. The molecule has 1 N–H and O–H groups in total. The summed E-state index contributed by atoms with van der Waals surface area (Å²) in [5.41, 5.74) is 1.35. The Morgan fingerprint density at radius 2 is 1.68 bits per heavy atom. The molecule has 0 aliphatic rings. The molecule has 7 nitrogen and oxygen atoms in total. The van der Waals surface area contributed by atoms with E-state index in [9.17, 15) is 8.42 Å². The van der Waals surface area contributed by atoms with Gasteiger partial charge in [0, 0.05) is 41.7 Å². The van der Waals surface area contributed by atoms with Crippen LogP contribution in [0.15, 0.2) is 47.5 Å². The number of anilines is 2. The maximum atomic E-state index is 11.6. The van der Waals surface area contributed by atoms with Crippen molar-refractivity contribution in [3.63, 3.8) is 0 Å². The second-order valence-corrected chi connectivity index (χ2v) is 7.43. The molecule has 0 spiro atoms. The minimum atomic E-state index is -3.27. The summed E-state index contributed by atoms with van der Waals surface area (Å²) in [6.07, 6.45) is 2.75. The number of benzene rings is 2. The summed E-state index contributed by atoms with van der Waals surface area (Å²) in [6, 6.07) is 10.1. The molecule has 0 bridgehead atoms. The van der Waals surface area contributed by atoms with Gasteiger partial charge in [-0.15, -0.1) is 0 Å². The summed E-state index contributed by atoms with van der Waals surface area (Å²) in [4.78, 5) is 8.88. The molecule has 0 saturated heterocycles. The minimum Gasteiger partial charge on any atom is -0.497 e. The van der Waals surface area contributed by atoms with Crippen molar-refractivity contribution >= 4 is 32.4 Å². The summed E-state index contributed by atoms with van der Waals surface area (Å²) >= 11 is 0. The molecule has 0 aliphatic heterocycles. The predicted octanol–water partition coefficient (Wildman–Crippen LogP) is 2.79. The van der Waals surface area contributed by atoms with Crippen LogP contribution in [0, 0.1) is 0 Å². The first-order valence-corrected chi connectivity index (χ1v) is 9.25. The monoisotopic (exact) mass is 359 g/mol. The molecule has 2 aromatic carbocycles. The summed E-state index contributed by atoms with van der Waals surface area (Å²) in [5.74, 6) is 1.66. The van der Waals surface area contributed by atoms with E-state index < -0.39 is 9.84 Å². The van der Waals surface area contributed by atoms with Crippen molar-refractivity contribution in [2.45, 2.75) is 4.90 Å². The van der Waals surface area contributed by atoms with Gasteiger partial charge in [0.2, 0.25) is 5.95 Å². The summed E-state index contributed by atoms with van der Waals surface area (Å²) in [6.45, 7) is 0. The lowest BCUT2D eigenvalue weighted by Crippen LogP contribution is -2.00. The van der Waals surface area contributed by atoms with Gasteiger partial charge < -0.3 is 14.8 Å². The van der Waals surface area contributed by atoms with Gasteiger partial charge in [0.1, 0.15) is 11.5 Å². The van der Waals surface area contributed by atoms with Gasteiger partial charge in [-0.25, -0.2) is 18.4 Å². The minimum absolute atomic E-state index is 0.238. The largest absolute Gasteiger partial charge is 0.497 e. The molecule has 1 aromatic heterocycles. The van der Waals surface area contributed by atoms with Gasteiger partial charge in [0.25, 0.3) is 0 Å². The molecule has 1 heterocycles. The summed E-state index contributed by atoms with van der Waals surface area (Å²) in [7, 11) is -0.120. The van der Waals surface area contributed by atoms with Gasteiger partial charge in [0.05, 0.1) is 24.6 Å². The van der Waals surface area contributed by atoms with E-state index in [1.54, 1.807) is 50.7 Å². The van der Waals surface area contributed by atoms with Crippen LogP contribution < -0.4 is 14.8 Å². The number of nitrogens with one attached hydrogen (secondary N) is 1. The van der Waals surface area contributed by atoms with Crippen molar-refractivity contribution in [1.29, 1.82) is 0 Å². The highest BCUT2D eigenvalue weighted by molar-refractivity contribution is 7.90. The number of hydrogen-bond donors (Lipinski definition) is 1. The normalized spacial score (nSPS) is 11.3. The fraction of sp³-hybridized carbons (Fsp3) is 0.176. The predicted molar refractivity (Wildman–Crippen MR) is 95.5 cm³/mol. The fourth-order valence-corrected chi connectivity index (χ4v) is 2.97. The van der Waals surface area contributed by atoms with Crippen LogP contribution in [0.5, 0.6) is 11.5 Å². The highest BCUT2D eigenvalue weighted by Crippen LogP contribution is 2.27. The number of nitrogens with zero attached hydrogens (tertiary/aromatic N) is 2. The Morgan fingerprint density at radius 3 is 2.28 bits per heavy atom. The van der Waals surface area contributed by atoms with Gasteiger partial charge in [-0.05, 0) is 18.2 Å². The van der Waals surface area contributed by atoms with Crippen molar-refractivity contribution in [1.82, 2.24) is 9.97 Å². The molecule has 0 unspecified atom stereocenters. The average molecular weight is 359 g/mol. The molecular weight excluding hydrogens is 342 g/mol. The second-order valence-electron chi connectivity index (χ2n) is 5.41. The van der Waals surface area contributed by atoms with Crippen LogP contribution in [0.3, 0.4) is 0 Å². The van der Waals surface area contributed by atoms with Crippen LogP contribution in [0.25, 0.3) is 10.9 Å². The third-order valence-electron chi connectivity index (χ3n) is 3.59. The first kappa shape index (κ1) is 17.0. The third kappa shape index (κ3) is 3.80. The van der Waals surface area contributed by atoms with Crippen LogP contribution in [-0.2, 0) is 9.84 Å². The highest BCUT2D eigenvalue weighted by Gasteiger charge is 2.09. The number of ether oxygens (including phenoxy) is 2. The first-order chi connectivity index (χ1) is 11.9. The van der Waals surface area contributed by atoms with Crippen molar-refractivity contribution < 1.29 is 17.9 Å². The SMILES string of the molecule is COc1cc(Nc2ncc3cc(S(C)(=O)=O)ccc3n2)cc(OC)c1. The molecule has 3 rings (SSSR count). The smallest absolute Gasteiger partial charge is 0.227 e. The highest BCUT2D eigenvalue weighted by atomic mass is 32.2. The Labute approximate surface area is 145 Å². The van der Waals surface area contributed by atoms with Crippen LogP contribution >= 0.6 is 0 Å². The Bertz CT molecular complexity index is 1010. The van der Waals surface area contributed by atoms with Crippen LogP contribution in [-0.4, -0.2) is 38.9 Å². The van der Waals surface area contributed by atoms with Crippen molar-refractivity contribution in [2.24, 2.45) is 0 Å². The maximum Gasteiger partial charge on any atom is 0.227 e. The van der Waals surface area contributed by atoms with Crippen molar-refractivity contribution in [3.05, 3.63) is 42.6 Å². The molecule has 0 fully saturated rings.